The normalized spacial score (nSPS) is 19.3. The van der Waals surface area contributed by atoms with Crippen molar-refractivity contribution in [1.29, 1.82) is 0 Å². The quantitative estimate of drug-likeness (QED) is 0.404. The predicted molar refractivity (Wildman–Crippen MR) is 117 cm³/mol. The fraction of sp³-hybridized carbons (Fsp3) is 0.600. The Balaban J connectivity index is 1.51. The van der Waals surface area contributed by atoms with Crippen LogP contribution >= 0.6 is 0 Å². The maximum Gasteiger partial charge on any atom is 0.233 e. The molecule has 1 aromatic heterocycles. The molecule has 1 fully saturated rings. The third-order valence-corrected chi connectivity index (χ3v) is 6.17. The molecule has 0 spiro atoms. The summed E-state index contributed by atoms with van der Waals surface area (Å²) in [6.07, 6.45) is 12.1. The molecule has 1 aliphatic carbocycles. The van der Waals surface area contributed by atoms with Gasteiger partial charge in [0.25, 0.3) is 0 Å². The Morgan fingerprint density at radius 2 is 1.83 bits per heavy atom. The first-order chi connectivity index (χ1) is 14.2. The molecule has 1 aromatic carbocycles. The molecule has 1 aliphatic rings. The molecule has 0 unspecified atom stereocenters. The van der Waals surface area contributed by atoms with E-state index in [0.717, 1.165) is 36.7 Å². The SMILES string of the molecule is CCCCCCOc1ccc(-c2ccc(CCC3CCC(C)CC3)cc2F)nn1. The van der Waals surface area contributed by atoms with Crippen molar-refractivity contribution in [1.82, 2.24) is 10.2 Å². The highest BCUT2D eigenvalue weighted by molar-refractivity contribution is 5.60. The second-order valence-corrected chi connectivity index (χ2v) is 8.64. The van der Waals surface area contributed by atoms with E-state index in [9.17, 15) is 4.39 Å². The van der Waals surface area contributed by atoms with Crippen molar-refractivity contribution in [2.24, 2.45) is 11.8 Å². The van der Waals surface area contributed by atoms with Gasteiger partial charge < -0.3 is 4.74 Å². The predicted octanol–water partition coefficient (Wildman–Crippen LogP) is 7.00. The molecule has 4 heteroatoms. The van der Waals surface area contributed by atoms with E-state index in [-0.39, 0.29) is 5.82 Å². The number of ether oxygens (including phenoxy) is 1. The molecule has 1 heterocycles. The van der Waals surface area contributed by atoms with Crippen LogP contribution in [0, 0.1) is 17.7 Å². The summed E-state index contributed by atoms with van der Waals surface area (Å²) in [6.45, 7) is 5.18. The van der Waals surface area contributed by atoms with Gasteiger partial charge in [0.05, 0.1) is 12.3 Å². The molecule has 0 radical (unpaired) electrons. The van der Waals surface area contributed by atoms with Gasteiger partial charge in [-0.2, -0.15) is 0 Å². The number of benzene rings is 1. The van der Waals surface area contributed by atoms with E-state index in [1.54, 1.807) is 18.2 Å². The van der Waals surface area contributed by atoms with Gasteiger partial charge >= 0.3 is 0 Å². The van der Waals surface area contributed by atoms with E-state index in [1.165, 1.54) is 44.9 Å². The number of hydrogen-bond donors (Lipinski definition) is 0. The molecule has 0 aliphatic heterocycles. The topological polar surface area (TPSA) is 35.0 Å². The van der Waals surface area contributed by atoms with Crippen LogP contribution in [0.5, 0.6) is 5.88 Å². The molecule has 3 rings (SSSR count). The molecule has 0 saturated heterocycles. The van der Waals surface area contributed by atoms with Crippen LogP contribution in [-0.2, 0) is 6.42 Å². The Morgan fingerprint density at radius 3 is 2.52 bits per heavy atom. The Labute approximate surface area is 175 Å². The van der Waals surface area contributed by atoms with E-state index in [2.05, 4.69) is 24.0 Å². The Bertz CT molecular complexity index is 739. The largest absolute Gasteiger partial charge is 0.477 e. The van der Waals surface area contributed by atoms with Gasteiger partial charge in [0.1, 0.15) is 5.82 Å². The molecule has 0 atom stereocenters. The average molecular weight is 399 g/mol. The summed E-state index contributed by atoms with van der Waals surface area (Å²) < 4.78 is 20.3. The molecule has 0 amide bonds. The van der Waals surface area contributed by atoms with E-state index in [4.69, 9.17) is 4.74 Å². The van der Waals surface area contributed by atoms with Gasteiger partial charge in [0, 0.05) is 11.6 Å². The van der Waals surface area contributed by atoms with Crippen LogP contribution in [0.1, 0.15) is 77.2 Å². The molecule has 29 heavy (non-hydrogen) atoms. The summed E-state index contributed by atoms with van der Waals surface area (Å²) in [4.78, 5) is 0. The summed E-state index contributed by atoms with van der Waals surface area (Å²) in [5, 5.41) is 8.27. The number of hydrogen-bond acceptors (Lipinski definition) is 3. The zero-order chi connectivity index (χ0) is 20.5. The molecule has 0 bridgehead atoms. The highest BCUT2D eigenvalue weighted by atomic mass is 19.1. The molecule has 0 N–H and O–H groups in total. The highest BCUT2D eigenvalue weighted by Crippen LogP contribution is 2.31. The minimum atomic E-state index is -0.220. The number of nitrogens with zero attached hydrogens (tertiary/aromatic N) is 2. The third-order valence-electron chi connectivity index (χ3n) is 6.17. The first kappa shape index (κ1) is 21.7. The fourth-order valence-corrected chi connectivity index (χ4v) is 4.16. The second kappa shape index (κ2) is 11.3. The Hall–Kier alpha value is -1.97. The van der Waals surface area contributed by atoms with Crippen molar-refractivity contribution in [2.45, 2.75) is 78.1 Å². The second-order valence-electron chi connectivity index (χ2n) is 8.64. The monoisotopic (exact) mass is 398 g/mol. The number of aryl methyl sites for hydroxylation is 1. The first-order valence-corrected chi connectivity index (χ1v) is 11.4. The summed E-state index contributed by atoms with van der Waals surface area (Å²) >= 11 is 0. The van der Waals surface area contributed by atoms with Crippen LogP contribution in [0.2, 0.25) is 0 Å². The van der Waals surface area contributed by atoms with Crippen LogP contribution in [0.4, 0.5) is 4.39 Å². The number of rotatable bonds is 10. The molecule has 2 aromatic rings. The molecule has 3 nitrogen and oxygen atoms in total. The van der Waals surface area contributed by atoms with Gasteiger partial charge in [-0.25, -0.2) is 4.39 Å². The van der Waals surface area contributed by atoms with Gasteiger partial charge in [-0.15, -0.1) is 10.2 Å². The van der Waals surface area contributed by atoms with E-state index in [0.29, 0.717) is 23.7 Å². The molecular formula is C25H35FN2O. The maximum absolute atomic E-state index is 14.7. The van der Waals surface area contributed by atoms with Crippen LogP contribution in [0.15, 0.2) is 30.3 Å². The van der Waals surface area contributed by atoms with Gasteiger partial charge in [-0.3, -0.25) is 0 Å². The van der Waals surface area contributed by atoms with Crippen LogP contribution in [0.25, 0.3) is 11.3 Å². The van der Waals surface area contributed by atoms with Crippen LogP contribution < -0.4 is 4.74 Å². The molecule has 158 valence electrons. The minimum absolute atomic E-state index is 0.220. The first-order valence-electron chi connectivity index (χ1n) is 11.4. The summed E-state index contributed by atoms with van der Waals surface area (Å²) in [6, 6.07) is 9.10. The van der Waals surface area contributed by atoms with Crippen molar-refractivity contribution in [3.63, 3.8) is 0 Å². The lowest BCUT2D eigenvalue weighted by Gasteiger charge is -2.26. The maximum atomic E-state index is 14.7. The lowest BCUT2D eigenvalue weighted by Crippen LogP contribution is -2.12. The summed E-state index contributed by atoms with van der Waals surface area (Å²) in [7, 11) is 0. The van der Waals surface area contributed by atoms with E-state index in [1.807, 2.05) is 12.1 Å². The third kappa shape index (κ3) is 6.80. The lowest BCUT2D eigenvalue weighted by molar-refractivity contribution is 0.277. The number of unbranched alkanes of at least 4 members (excludes halogenated alkanes) is 3. The summed E-state index contributed by atoms with van der Waals surface area (Å²) in [5.41, 5.74) is 2.13. The zero-order valence-corrected chi connectivity index (χ0v) is 18.0. The van der Waals surface area contributed by atoms with E-state index < -0.39 is 0 Å². The van der Waals surface area contributed by atoms with Crippen molar-refractivity contribution in [2.75, 3.05) is 6.61 Å². The minimum Gasteiger partial charge on any atom is -0.477 e. The van der Waals surface area contributed by atoms with Crippen molar-refractivity contribution >= 4 is 0 Å². The average Bonchev–Trinajstić information content (AvgIpc) is 2.74. The zero-order valence-electron chi connectivity index (χ0n) is 18.0. The number of aromatic nitrogens is 2. The van der Waals surface area contributed by atoms with Gasteiger partial charge in [0.2, 0.25) is 5.88 Å². The van der Waals surface area contributed by atoms with Gasteiger partial charge in [-0.1, -0.05) is 64.9 Å². The Morgan fingerprint density at radius 1 is 1.00 bits per heavy atom. The van der Waals surface area contributed by atoms with Crippen molar-refractivity contribution in [3.8, 4) is 17.1 Å². The lowest BCUT2D eigenvalue weighted by atomic mass is 9.80. The smallest absolute Gasteiger partial charge is 0.233 e. The Kier molecular flexibility index (Phi) is 8.45. The van der Waals surface area contributed by atoms with Crippen LogP contribution in [0.3, 0.4) is 0 Å². The standard InChI is InChI=1S/C25H35FN2O/c1-3-4-5-6-17-29-25-16-15-24(27-28-25)22-14-13-21(18-23(22)26)12-11-20-9-7-19(2)8-10-20/h13-16,18-20H,3-12,17H2,1-2H3. The fourth-order valence-electron chi connectivity index (χ4n) is 4.16. The molecule has 1 saturated carbocycles. The van der Waals surface area contributed by atoms with Gasteiger partial charge in [0.15, 0.2) is 0 Å². The molecular weight excluding hydrogens is 363 g/mol. The van der Waals surface area contributed by atoms with Crippen molar-refractivity contribution in [3.05, 3.63) is 41.7 Å². The highest BCUT2D eigenvalue weighted by Gasteiger charge is 2.18. The van der Waals surface area contributed by atoms with Gasteiger partial charge in [-0.05, 0) is 54.9 Å². The van der Waals surface area contributed by atoms with Crippen LogP contribution in [-0.4, -0.2) is 16.8 Å². The summed E-state index contributed by atoms with van der Waals surface area (Å²) in [5.74, 6) is 1.96. The van der Waals surface area contributed by atoms with Crippen molar-refractivity contribution < 1.29 is 9.13 Å². The number of halogens is 1. The van der Waals surface area contributed by atoms with E-state index >= 15 is 0 Å².